The predicted octanol–water partition coefficient (Wildman–Crippen LogP) is 6.42. The molecule has 0 saturated heterocycles. The molecule has 0 atom stereocenters. The van der Waals surface area contributed by atoms with Gasteiger partial charge in [0.2, 0.25) is 0 Å². The number of alkyl halides is 3. The SMILES string of the molecule is FC(F)(F)c1ccccc1Sc1c(Cl)cc(NS)cc1Cl. The number of benzene rings is 2. The first-order valence-electron chi connectivity index (χ1n) is 5.56. The van der Waals surface area contributed by atoms with Gasteiger partial charge >= 0.3 is 6.18 Å². The molecule has 0 unspecified atom stereocenters. The van der Waals surface area contributed by atoms with Crippen LogP contribution >= 0.6 is 47.8 Å². The Labute approximate surface area is 139 Å². The van der Waals surface area contributed by atoms with E-state index in [9.17, 15) is 13.2 Å². The molecule has 0 aliphatic carbocycles. The summed E-state index contributed by atoms with van der Waals surface area (Å²) in [6.07, 6.45) is -4.44. The fraction of sp³-hybridized carbons (Fsp3) is 0.0769. The van der Waals surface area contributed by atoms with Gasteiger partial charge in [-0.15, -0.1) is 0 Å². The average Bonchev–Trinajstić information content (AvgIpc) is 2.42. The summed E-state index contributed by atoms with van der Waals surface area (Å²) in [4.78, 5) is 0.405. The van der Waals surface area contributed by atoms with Crippen molar-refractivity contribution in [3.8, 4) is 0 Å². The first-order chi connectivity index (χ1) is 9.82. The van der Waals surface area contributed by atoms with Crippen LogP contribution in [-0.4, -0.2) is 0 Å². The van der Waals surface area contributed by atoms with Gasteiger partial charge in [-0.25, -0.2) is 0 Å². The quantitative estimate of drug-likeness (QED) is 0.605. The third-order valence-electron chi connectivity index (χ3n) is 2.53. The minimum absolute atomic E-state index is 0.0420. The molecule has 0 radical (unpaired) electrons. The van der Waals surface area contributed by atoms with E-state index >= 15 is 0 Å². The monoisotopic (exact) mass is 369 g/mol. The average molecular weight is 370 g/mol. The summed E-state index contributed by atoms with van der Waals surface area (Å²) in [5, 5.41) is 0.502. The van der Waals surface area contributed by atoms with Crippen LogP contribution in [0.25, 0.3) is 0 Å². The molecule has 0 aromatic heterocycles. The van der Waals surface area contributed by atoms with Crippen molar-refractivity contribution >= 4 is 53.5 Å². The second-order valence-electron chi connectivity index (χ2n) is 3.98. The number of halogens is 5. The summed E-state index contributed by atoms with van der Waals surface area (Å²) in [6.45, 7) is 0. The Hall–Kier alpha value is -0.690. The van der Waals surface area contributed by atoms with E-state index in [0.717, 1.165) is 17.8 Å². The van der Waals surface area contributed by atoms with Crippen LogP contribution in [0.15, 0.2) is 46.2 Å². The van der Waals surface area contributed by atoms with Crippen molar-refractivity contribution in [2.45, 2.75) is 16.0 Å². The smallest absolute Gasteiger partial charge is 0.332 e. The van der Waals surface area contributed by atoms with Crippen LogP contribution in [0, 0.1) is 0 Å². The number of thiol groups is 1. The Morgan fingerprint density at radius 1 is 1.05 bits per heavy atom. The van der Waals surface area contributed by atoms with E-state index in [2.05, 4.69) is 17.5 Å². The molecule has 0 fully saturated rings. The Kier molecular flexibility index (Phi) is 5.24. The van der Waals surface area contributed by atoms with E-state index in [4.69, 9.17) is 23.2 Å². The zero-order valence-corrected chi connectivity index (χ0v) is 13.4. The van der Waals surface area contributed by atoms with Crippen LogP contribution in [0.2, 0.25) is 10.0 Å². The van der Waals surface area contributed by atoms with Gasteiger partial charge in [0.05, 0.1) is 15.6 Å². The van der Waals surface area contributed by atoms with Crippen LogP contribution < -0.4 is 4.72 Å². The minimum atomic E-state index is -4.44. The summed E-state index contributed by atoms with van der Waals surface area (Å²) < 4.78 is 41.5. The summed E-state index contributed by atoms with van der Waals surface area (Å²) in [6, 6.07) is 8.35. The van der Waals surface area contributed by atoms with E-state index in [1.807, 2.05) is 0 Å². The molecule has 0 amide bonds. The molecule has 1 nitrogen and oxygen atoms in total. The fourth-order valence-electron chi connectivity index (χ4n) is 1.62. The first-order valence-corrected chi connectivity index (χ1v) is 7.58. The zero-order chi connectivity index (χ0) is 15.6. The highest BCUT2D eigenvalue weighted by Crippen LogP contribution is 2.44. The van der Waals surface area contributed by atoms with Gasteiger partial charge in [0.25, 0.3) is 0 Å². The van der Waals surface area contributed by atoms with Crippen molar-refractivity contribution in [1.29, 1.82) is 0 Å². The highest BCUT2D eigenvalue weighted by Gasteiger charge is 2.33. The molecule has 0 heterocycles. The minimum Gasteiger partial charge on any atom is -0.332 e. The van der Waals surface area contributed by atoms with Crippen LogP contribution in [0.5, 0.6) is 0 Å². The molecular weight excluding hydrogens is 362 g/mol. The van der Waals surface area contributed by atoms with Crippen LogP contribution in [0.1, 0.15) is 5.56 Å². The molecular formula is C13H8Cl2F3NS2. The number of hydrogen-bond donors (Lipinski definition) is 2. The third kappa shape index (κ3) is 3.94. The summed E-state index contributed by atoms with van der Waals surface area (Å²) in [5.74, 6) is 0. The number of rotatable bonds is 3. The van der Waals surface area contributed by atoms with Gasteiger partial charge in [0.15, 0.2) is 0 Å². The van der Waals surface area contributed by atoms with Gasteiger partial charge in [-0.2, -0.15) is 13.2 Å². The Morgan fingerprint density at radius 2 is 1.62 bits per heavy atom. The van der Waals surface area contributed by atoms with E-state index in [-0.39, 0.29) is 14.9 Å². The molecule has 0 aliphatic rings. The molecule has 2 rings (SSSR count). The van der Waals surface area contributed by atoms with Gasteiger partial charge in [0.1, 0.15) is 0 Å². The number of hydrogen-bond acceptors (Lipinski definition) is 3. The molecule has 0 saturated carbocycles. The summed E-state index contributed by atoms with van der Waals surface area (Å²) >= 11 is 16.9. The normalized spacial score (nSPS) is 11.5. The lowest BCUT2D eigenvalue weighted by Gasteiger charge is -2.14. The second-order valence-corrected chi connectivity index (χ2v) is 6.07. The van der Waals surface area contributed by atoms with Crippen molar-refractivity contribution in [2.24, 2.45) is 0 Å². The van der Waals surface area contributed by atoms with Gasteiger partial charge in [-0.3, -0.25) is 0 Å². The zero-order valence-electron chi connectivity index (χ0n) is 10.2. The predicted molar refractivity (Wildman–Crippen MR) is 84.6 cm³/mol. The molecule has 0 spiro atoms. The van der Waals surface area contributed by atoms with E-state index in [1.165, 1.54) is 18.2 Å². The van der Waals surface area contributed by atoms with Crippen molar-refractivity contribution in [3.63, 3.8) is 0 Å². The molecule has 2 aromatic rings. The maximum absolute atomic E-state index is 13.0. The second kappa shape index (κ2) is 6.60. The first kappa shape index (κ1) is 16.7. The lowest BCUT2D eigenvalue weighted by atomic mass is 10.2. The van der Waals surface area contributed by atoms with Gasteiger partial charge in [-0.1, -0.05) is 59.9 Å². The number of anilines is 1. The number of nitrogens with one attached hydrogen (secondary N) is 1. The van der Waals surface area contributed by atoms with Crippen LogP contribution in [0.3, 0.4) is 0 Å². The van der Waals surface area contributed by atoms with Crippen molar-refractivity contribution in [3.05, 3.63) is 52.0 Å². The molecule has 8 heteroatoms. The summed E-state index contributed by atoms with van der Waals surface area (Å²) in [5.41, 5.74) is -0.166. The van der Waals surface area contributed by atoms with E-state index in [1.54, 1.807) is 12.1 Å². The Morgan fingerprint density at radius 3 is 2.14 bits per heavy atom. The standard InChI is InChI=1S/C13H8Cl2F3NS2/c14-9-5-7(19-20)6-10(15)12(9)21-11-4-2-1-3-8(11)13(16,17)18/h1-6,19-20H. The van der Waals surface area contributed by atoms with Gasteiger partial charge < -0.3 is 4.72 Å². The third-order valence-corrected chi connectivity index (χ3v) is 4.83. The molecule has 112 valence electrons. The molecule has 0 aliphatic heterocycles. The van der Waals surface area contributed by atoms with Crippen LogP contribution in [-0.2, 0) is 6.18 Å². The molecule has 2 aromatic carbocycles. The van der Waals surface area contributed by atoms with Crippen molar-refractivity contribution in [2.75, 3.05) is 4.72 Å². The fourth-order valence-corrected chi connectivity index (χ4v) is 3.44. The molecule has 0 bridgehead atoms. The van der Waals surface area contributed by atoms with Crippen molar-refractivity contribution in [1.82, 2.24) is 0 Å². The maximum Gasteiger partial charge on any atom is 0.417 e. The van der Waals surface area contributed by atoms with Crippen molar-refractivity contribution < 1.29 is 13.2 Å². The van der Waals surface area contributed by atoms with Crippen LogP contribution in [0.4, 0.5) is 18.9 Å². The van der Waals surface area contributed by atoms with Gasteiger partial charge in [0, 0.05) is 15.5 Å². The lowest BCUT2D eigenvalue weighted by Crippen LogP contribution is -2.06. The lowest BCUT2D eigenvalue weighted by molar-refractivity contribution is -0.139. The Bertz CT molecular complexity index is 639. The van der Waals surface area contributed by atoms with E-state index < -0.39 is 11.7 Å². The molecule has 21 heavy (non-hydrogen) atoms. The Balaban J connectivity index is 2.44. The largest absolute Gasteiger partial charge is 0.417 e. The van der Waals surface area contributed by atoms with Gasteiger partial charge in [-0.05, 0) is 24.3 Å². The molecule has 1 N–H and O–H groups in total. The maximum atomic E-state index is 13.0. The topological polar surface area (TPSA) is 12.0 Å². The highest BCUT2D eigenvalue weighted by molar-refractivity contribution is 7.99. The summed E-state index contributed by atoms with van der Waals surface area (Å²) in [7, 11) is 0. The highest BCUT2D eigenvalue weighted by atomic mass is 35.5. The van der Waals surface area contributed by atoms with E-state index in [0.29, 0.717) is 10.6 Å².